The number of amides is 2. The molecule has 5 nitrogen and oxygen atoms in total. The molecule has 0 aliphatic rings. The number of imide groups is 1. The molecule has 0 saturated heterocycles. The van der Waals surface area contributed by atoms with Crippen LogP contribution in [0, 0.1) is 12.8 Å². The summed E-state index contributed by atoms with van der Waals surface area (Å²) in [6, 6.07) is 7.95. The average Bonchev–Trinajstić information content (AvgIpc) is 2.98. The van der Waals surface area contributed by atoms with Crippen molar-refractivity contribution in [2.45, 2.75) is 114 Å². The van der Waals surface area contributed by atoms with Crippen molar-refractivity contribution in [3.8, 4) is 0 Å². The summed E-state index contributed by atoms with van der Waals surface area (Å²) in [5.74, 6) is 0.283. The third-order valence-corrected chi connectivity index (χ3v) is 7.37. The number of carbonyl (C=O) groups is 2. The van der Waals surface area contributed by atoms with Gasteiger partial charge in [0, 0.05) is 6.61 Å². The van der Waals surface area contributed by atoms with Crippen molar-refractivity contribution in [1.29, 1.82) is 0 Å². The lowest BCUT2D eigenvalue weighted by atomic mass is 9.84. The molecule has 1 aromatic rings. The van der Waals surface area contributed by atoms with Crippen LogP contribution in [0.15, 0.2) is 76.4 Å². The van der Waals surface area contributed by atoms with E-state index in [4.69, 9.17) is 9.84 Å². The second-order valence-corrected chi connectivity index (χ2v) is 11.2. The summed E-state index contributed by atoms with van der Waals surface area (Å²) in [6.07, 6.45) is 15.4. The summed E-state index contributed by atoms with van der Waals surface area (Å²) in [7, 11) is 0. The van der Waals surface area contributed by atoms with Crippen LogP contribution >= 0.6 is 0 Å². The SMILES string of the molecule is C/C=C(C(\C)=C/CC)/C(=C\C)C(/C)=C(C(=O)NC=O)\C(=C\C)c1ccccc1C.CCCCCC(CO)OCCC(C)C. The summed E-state index contributed by atoms with van der Waals surface area (Å²) in [5.41, 5.74) is 7.43. The van der Waals surface area contributed by atoms with E-state index in [1.165, 1.54) is 19.3 Å². The molecule has 0 heterocycles. The van der Waals surface area contributed by atoms with Crippen LogP contribution in [0.5, 0.6) is 0 Å². The zero-order valence-electron chi connectivity index (χ0n) is 28.7. The molecule has 43 heavy (non-hydrogen) atoms. The van der Waals surface area contributed by atoms with E-state index in [0.717, 1.165) is 64.9 Å². The predicted octanol–water partition coefficient (Wildman–Crippen LogP) is 9.23. The first-order valence-corrected chi connectivity index (χ1v) is 16.0. The van der Waals surface area contributed by atoms with Crippen LogP contribution in [0.2, 0.25) is 0 Å². The Kier molecular flexibility index (Phi) is 21.8. The van der Waals surface area contributed by atoms with E-state index in [9.17, 15) is 9.59 Å². The number of carbonyl (C=O) groups excluding carboxylic acids is 2. The van der Waals surface area contributed by atoms with E-state index < -0.39 is 5.91 Å². The maximum atomic E-state index is 13.0. The van der Waals surface area contributed by atoms with Crippen LogP contribution in [0.25, 0.3) is 5.57 Å². The normalized spacial score (nSPS) is 14.1. The van der Waals surface area contributed by atoms with Gasteiger partial charge in [0.15, 0.2) is 0 Å². The number of hydrogen-bond acceptors (Lipinski definition) is 4. The first-order chi connectivity index (χ1) is 20.6. The molecule has 0 bridgehead atoms. The fourth-order valence-corrected chi connectivity index (χ4v) is 4.97. The van der Waals surface area contributed by atoms with Crippen LogP contribution in [-0.4, -0.2) is 36.7 Å². The zero-order valence-corrected chi connectivity index (χ0v) is 28.7. The number of nitrogens with one attached hydrogen (secondary N) is 1. The molecule has 1 unspecified atom stereocenters. The van der Waals surface area contributed by atoms with Gasteiger partial charge in [-0.2, -0.15) is 0 Å². The molecule has 1 atom stereocenters. The van der Waals surface area contributed by atoms with Crippen molar-refractivity contribution in [1.82, 2.24) is 5.32 Å². The Balaban J connectivity index is 0.00000106. The topological polar surface area (TPSA) is 75.6 Å². The third-order valence-electron chi connectivity index (χ3n) is 7.37. The number of unbranched alkanes of at least 4 members (excludes halogenated alkanes) is 2. The lowest BCUT2D eigenvalue weighted by Gasteiger charge is -2.20. The van der Waals surface area contributed by atoms with E-state index in [1.807, 2.05) is 71.0 Å². The fourth-order valence-electron chi connectivity index (χ4n) is 4.97. The molecule has 0 spiro atoms. The minimum atomic E-state index is -0.402. The van der Waals surface area contributed by atoms with Gasteiger partial charge in [-0.1, -0.05) is 95.5 Å². The van der Waals surface area contributed by atoms with Gasteiger partial charge < -0.3 is 9.84 Å². The highest BCUT2D eigenvalue weighted by Gasteiger charge is 2.22. The highest BCUT2D eigenvalue weighted by Crippen LogP contribution is 2.34. The number of ether oxygens (including phenoxy) is 1. The lowest BCUT2D eigenvalue weighted by Crippen LogP contribution is -2.25. The number of hydrogen-bond donors (Lipinski definition) is 2. The fraction of sp³-hybridized carbons (Fsp3) is 0.526. The standard InChI is InChI=1S/C26H33NO2.C12H26O2/c1-8-14-18(5)21(9-2)22(10-3)20(7)25(26(29)27-17-28)23(11-4)24-16-13-12-15-19(24)6;1-4-5-6-7-12(10-13)14-9-8-11(2)3/h9-17H,8H2,1-7H3,(H,27,28,29);11-13H,4-10H2,1-3H3/b18-14-,21-9+,22-10-,23-11+,25-20+;. The molecule has 240 valence electrons. The highest BCUT2D eigenvalue weighted by molar-refractivity contribution is 6.13. The monoisotopic (exact) mass is 593 g/mol. The summed E-state index contributed by atoms with van der Waals surface area (Å²) in [4.78, 5) is 24.1. The molecule has 0 fully saturated rings. The maximum Gasteiger partial charge on any atom is 0.258 e. The van der Waals surface area contributed by atoms with Gasteiger partial charge in [-0.05, 0) is 106 Å². The molecule has 0 saturated carbocycles. The highest BCUT2D eigenvalue weighted by atomic mass is 16.5. The van der Waals surface area contributed by atoms with Crippen molar-refractivity contribution in [3.63, 3.8) is 0 Å². The molecule has 0 aliphatic heterocycles. The van der Waals surface area contributed by atoms with E-state index in [2.05, 4.69) is 52.1 Å². The number of aliphatic hydroxyl groups excluding tert-OH is 1. The molecule has 0 aromatic heterocycles. The van der Waals surface area contributed by atoms with Crippen LogP contribution in [0.4, 0.5) is 0 Å². The van der Waals surface area contributed by atoms with E-state index >= 15 is 0 Å². The van der Waals surface area contributed by atoms with Crippen molar-refractivity contribution in [2.24, 2.45) is 5.92 Å². The van der Waals surface area contributed by atoms with Gasteiger partial charge in [0.25, 0.3) is 5.91 Å². The van der Waals surface area contributed by atoms with Gasteiger partial charge in [0.2, 0.25) is 6.41 Å². The molecule has 0 aliphatic carbocycles. The number of rotatable bonds is 17. The average molecular weight is 594 g/mol. The summed E-state index contributed by atoms with van der Waals surface area (Å²) >= 11 is 0. The molecule has 2 N–H and O–H groups in total. The van der Waals surface area contributed by atoms with Crippen molar-refractivity contribution in [3.05, 3.63) is 87.6 Å². The van der Waals surface area contributed by atoms with Gasteiger partial charge in [-0.25, -0.2) is 0 Å². The first kappa shape index (κ1) is 40.0. The molecule has 1 aromatic carbocycles. The molecule has 2 amide bonds. The summed E-state index contributed by atoms with van der Waals surface area (Å²) in [5, 5.41) is 11.4. The van der Waals surface area contributed by atoms with Gasteiger partial charge in [-0.3, -0.25) is 14.9 Å². The third kappa shape index (κ3) is 14.3. The van der Waals surface area contributed by atoms with Crippen molar-refractivity contribution < 1.29 is 19.4 Å². The Morgan fingerprint density at radius 1 is 0.977 bits per heavy atom. The summed E-state index contributed by atoms with van der Waals surface area (Å²) in [6.45, 7) is 21.6. The van der Waals surface area contributed by atoms with E-state index in [1.54, 1.807) is 0 Å². The first-order valence-electron chi connectivity index (χ1n) is 16.0. The quantitative estimate of drug-likeness (QED) is 0.0817. The Morgan fingerprint density at radius 2 is 1.63 bits per heavy atom. The molecule has 0 radical (unpaired) electrons. The smallest absolute Gasteiger partial charge is 0.258 e. The van der Waals surface area contributed by atoms with Crippen molar-refractivity contribution >= 4 is 17.9 Å². The van der Waals surface area contributed by atoms with Crippen LogP contribution < -0.4 is 5.32 Å². The Labute approximate surface area is 262 Å². The number of aliphatic hydroxyl groups is 1. The lowest BCUT2D eigenvalue weighted by molar-refractivity contribution is -0.122. The molecule has 1 rings (SSSR count). The molecular weight excluding hydrogens is 534 g/mol. The maximum absolute atomic E-state index is 13.0. The van der Waals surface area contributed by atoms with Crippen LogP contribution in [-0.2, 0) is 14.3 Å². The Bertz CT molecular complexity index is 1130. The predicted molar refractivity (Wildman–Crippen MR) is 184 cm³/mol. The Hall–Kier alpha value is -3.02. The van der Waals surface area contributed by atoms with Gasteiger partial charge in [0.05, 0.1) is 18.3 Å². The number of allylic oxidation sites excluding steroid dienone is 8. The number of benzene rings is 1. The molecular formula is C38H59NO4. The van der Waals surface area contributed by atoms with Gasteiger partial charge in [0.1, 0.15) is 0 Å². The zero-order chi connectivity index (χ0) is 32.8. The second kappa shape index (κ2) is 23.4. The molecule has 5 heteroatoms. The van der Waals surface area contributed by atoms with Crippen LogP contribution in [0.1, 0.15) is 112 Å². The van der Waals surface area contributed by atoms with Gasteiger partial charge in [-0.15, -0.1) is 0 Å². The van der Waals surface area contributed by atoms with Gasteiger partial charge >= 0.3 is 0 Å². The number of aryl methyl sites for hydroxylation is 1. The minimum Gasteiger partial charge on any atom is -0.394 e. The van der Waals surface area contributed by atoms with Crippen molar-refractivity contribution in [2.75, 3.05) is 13.2 Å². The van der Waals surface area contributed by atoms with E-state index in [0.29, 0.717) is 17.9 Å². The minimum absolute atomic E-state index is 0.0697. The van der Waals surface area contributed by atoms with E-state index in [-0.39, 0.29) is 12.7 Å². The Morgan fingerprint density at radius 3 is 2.12 bits per heavy atom. The van der Waals surface area contributed by atoms with Crippen LogP contribution in [0.3, 0.4) is 0 Å². The largest absolute Gasteiger partial charge is 0.394 e. The summed E-state index contributed by atoms with van der Waals surface area (Å²) < 4.78 is 5.60. The second-order valence-electron chi connectivity index (χ2n) is 11.2.